The van der Waals surface area contributed by atoms with Crippen LogP contribution in [0.2, 0.25) is 0 Å². The summed E-state index contributed by atoms with van der Waals surface area (Å²) in [5.74, 6) is -0.145. The second-order valence-electron chi connectivity index (χ2n) is 3.68. The van der Waals surface area contributed by atoms with Gasteiger partial charge in [-0.2, -0.15) is 0 Å². The Balaban J connectivity index is 2.48. The molecule has 0 heterocycles. The number of nitrogens with one attached hydrogen (secondary N) is 1. The van der Waals surface area contributed by atoms with Crippen molar-refractivity contribution in [1.82, 2.24) is 0 Å². The predicted octanol–water partition coefficient (Wildman–Crippen LogP) is 2.09. The van der Waals surface area contributed by atoms with Crippen molar-refractivity contribution in [3.05, 3.63) is 29.8 Å². The lowest BCUT2D eigenvalue weighted by molar-refractivity contribution is -0.118. The SMILES string of the molecule is CC[C@H](O)CC(=O)Nc1ccc(C)cc1. The highest BCUT2D eigenvalue weighted by atomic mass is 16.3. The Kier molecular flexibility index (Phi) is 4.31. The van der Waals surface area contributed by atoms with Crippen LogP contribution in [0.5, 0.6) is 0 Å². The van der Waals surface area contributed by atoms with Gasteiger partial charge in [0.1, 0.15) is 0 Å². The normalized spacial score (nSPS) is 12.2. The molecule has 1 amide bonds. The Hall–Kier alpha value is -1.35. The average Bonchev–Trinajstić information content (AvgIpc) is 2.21. The van der Waals surface area contributed by atoms with Gasteiger partial charge in [0.05, 0.1) is 12.5 Å². The molecule has 3 nitrogen and oxygen atoms in total. The summed E-state index contributed by atoms with van der Waals surface area (Å²) in [6.07, 6.45) is 0.210. The van der Waals surface area contributed by atoms with E-state index in [1.54, 1.807) is 0 Å². The molecule has 0 aromatic heterocycles. The minimum Gasteiger partial charge on any atom is -0.393 e. The first-order valence-electron chi connectivity index (χ1n) is 5.16. The van der Waals surface area contributed by atoms with Crippen LogP contribution in [0.25, 0.3) is 0 Å². The predicted molar refractivity (Wildman–Crippen MR) is 60.7 cm³/mol. The Bertz CT molecular complexity index is 319. The van der Waals surface area contributed by atoms with E-state index in [0.717, 1.165) is 11.3 Å². The highest BCUT2D eigenvalue weighted by Gasteiger charge is 2.08. The molecule has 1 rings (SSSR count). The van der Waals surface area contributed by atoms with Crippen molar-refractivity contribution in [2.75, 3.05) is 5.32 Å². The van der Waals surface area contributed by atoms with Gasteiger partial charge < -0.3 is 10.4 Å². The molecule has 0 saturated carbocycles. The third-order valence-electron chi connectivity index (χ3n) is 2.23. The maximum absolute atomic E-state index is 11.4. The van der Waals surface area contributed by atoms with Crippen LogP contribution >= 0.6 is 0 Å². The van der Waals surface area contributed by atoms with Gasteiger partial charge >= 0.3 is 0 Å². The smallest absolute Gasteiger partial charge is 0.226 e. The van der Waals surface area contributed by atoms with E-state index < -0.39 is 6.10 Å². The lowest BCUT2D eigenvalue weighted by atomic mass is 10.2. The molecule has 0 saturated heterocycles. The van der Waals surface area contributed by atoms with Crippen LogP contribution in [0, 0.1) is 6.92 Å². The molecule has 1 atom stereocenters. The molecule has 0 aliphatic heterocycles. The molecule has 0 aliphatic carbocycles. The van der Waals surface area contributed by atoms with Crippen LogP contribution in [-0.4, -0.2) is 17.1 Å². The summed E-state index contributed by atoms with van der Waals surface area (Å²) >= 11 is 0. The van der Waals surface area contributed by atoms with Crippen molar-refractivity contribution in [3.8, 4) is 0 Å². The Morgan fingerprint density at radius 2 is 2.00 bits per heavy atom. The van der Waals surface area contributed by atoms with E-state index in [9.17, 15) is 9.90 Å². The summed E-state index contributed by atoms with van der Waals surface area (Å²) in [6.45, 7) is 3.84. The van der Waals surface area contributed by atoms with Gasteiger partial charge in [-0.05, 0) is 25.5 Å². The van der Waals surface area contributed by atoms with E-state index >= 15 is 0 Å². The molecule has 0 aliphatic rings. The number of anilines is 1. The van der Waals surface area contributed by atoms with Gasteiger partial charge in [-0.25, -0.2) is 0 Å². The van der Waals surface area contributed by atoms with Gasteiger partial charge in [0.15, 0.2) is 0 Å². The standard InChI is InChI=1S/C12H17NO2/c1-3-11(14)8-12(15)13-10-6-4-9(2)5-7-10/h4-7,11,14H,3,8H2,1-2H3,(H,13,15)/t11-/m0/s1. The molecule has 0 unspecified atom stereocenters. The van der Waals surface area contributed by atoms with Crippen LogP contribution in [0.4, 0.5) is 5.69 Å². The molecule has 0 fully saturated rings. The van der Waals surface area contributed by atoms with Crippen molar-refractivity contribution < 1.29 is 9.90 Å². The fourth-order valence-electron chi connectivity index (χ4n) is 1.21. The number of amides is 1. The number of aliphatic hydroxyl groups excluding tert-OH is 1. The van der Waals surface area contributed by atoms with Gasteiger partial charge in [-0.15, -0.1) is 0 Å². The van der Waals surface area contributed by atoms with Gasteiger partial charge in [0, 0.05) is 5.69 Å². The number of carbonyl (C=O) groups is 1. The number of hydrogen-bond acceptors (Lipinski definition) is 2. The fraction of sp³-hybridized carbons (Fsp3) is 0.417. The summed E-state index contributed by atoms with van der Waals surface area (Å²) in [7, 11) is 0. The number of aliphatic hydroxyl groups is 1. The third-order valence-corrected chi connectivity index (χ3v) is 2.23. The van der Waals surface area contributed by atoms with Gasteiger partial charge in [-0.3, -0.25) is 4.79 Å². The zero-order chi connectivity index (χ0) is 11.3. The van der Waals surface area contributed by atoms with Crippen molar-refractivity contribution in [3.63, 3.8) is 0 Å². The number of aryl methyl sites for hydroxylation is 1. The van der Waals surface area contributed by atoms with Crippen LogP contribution in [0.1, 0.15) is 25.3 Å². The third kappa shape index (κ3) is 4.13. The van der Waals surface area contributed by atoms with Crippen molar-refractivity contribution in [1.29, 1.82) is 0 Å². The lowest BCUT2D eigenvalue weighted by Crippen LogP contribution is -2.19. The van der Waals surface area contributed by atoms with Crippen LogP contribution in [0.3, 0.4) is 0 Å². The minimum atomic E-state index is -0.546. The van der Waals surface area contributed by atoms with Crippen molar-refractivity contribution in [2.24, 2.45) is 0 Å². The largest absolute Gasteiger partial charge is 0.393 e. The summed E-state index contributed by atoms with van der Waals surface area (Å²) in [5.41, 5.74) is 1.93. The Labute approximate surface area is 90.1 Å². The van der Waals surface area contributed by atoms with Crippen LogP contribution in [0.15, 0.2) is 24.3 Å². The second-order valence-corrected chi connectivity index (χ2v) is 3.68. The highest BCUT2D eigenvalue weighted by molar-refractivity contribution is 5.90. The number of carbonyl (C=O) groups excluding carboxylic acids is 1. The van der Waals surface area contributed by atoms with E-state index in [-0.39, 0.29) is 12.3 Å². The zero-order valence-corrected chi connectivity index (χ0v) is 9.16. The number of rotatable bonds is 4. The van der Waals surface area contributed by atoms with Crippen LogP contribution < -0.4 is 5.32 Å². The minimum absolute atomic E-state index is 0.145. The topological polar surface area (TPSA) is 49.3 Å². The highest BCUT2D eigenvalue weighted by Crippen LogP contribution is 2.09. The maximum atomic E-state index is 11.4. The molecule has 0 bridgehead atoms. The quantitative estimate of drug-likeness (QED) is 0.794. The van der Waals surface area contributed by atoms with Crippen LogP contribution in [-0.2, 0) is 4.79 Å². The molecule has 15 heavy (non-hydrogen) atoms. The second kappa shape index (κ2) is 5.51. The summed E-state index contributed by atoms with van der Waals surface area (Å²) < 4.78 is 0. The van der Waals surface area contributed by atoms with E-state index in [1.807, 2.05) is 38.1 Å². The number of hydrogen-bond donors (Lipinski definition) is 2. The van der Waals surface area contributed by atoms with E-state index in [4.69, 9.17) is 0 Å². The van der Waals surface area contributed by atoms with Gasteiger partial charge in [-0.1, -0.05) is 24.6 Å². The van der Waals surface area contributed by atoms with Gasteiger partial charge in [0.25, 0.3) is 0 Å². The summed E-state index contributed by atoms with van der Waals surface area (Å²) in [4.78, 5) is 11.4. The molecule has 3 heteroatoms. The first-order chi connectivity index (χ1) is 7.11. The van der Waals surface area contributed by atoms with E-state index in [0.29, 0.717) is 6.42 Å². The maximum Gasteiger partial charge on any atom is 0.226 e. The fourth-order valence-corrected chi connectivity index (χ4v) is 1.21. The Morgan fingerprint density at radius 3 is 2.53 bits per heavy atom. The van der Waals surface area contributed by atoms with Gasteiger partial charge in [0.2, 0.25) is 5.91 Å². The molecular weight excluding hydrogens is 190 g/mol. The first kappa shape index (κ1) is 11.7. The van der Waals surface area contributed by atoms with Crippen molar-refractivity contribution >= 4 is 11.6 Å². The molecule has 0 spiro atoms. The molecule has 0 radical (unpaired) electrons. The zero-order valence-electron chi connectivity index (χ0n) is 9.16. The Morgan fingerprint density at radius 1 is 1.40 bits per heavy atom. The molecule has 2 N–H and O–H groups in total. The summed E-state index contributed by atoms with van der Waals surface area (Å²) in [5, 5.41) is 12.0. The average molecular weight is 207 g/mol. The summed E-state index contributed by atoms with van der Waals surface area (Å²) in [6, 6.07) is 7.58. The van der Waals surface area contributed by atoms with E-state index in [1.165, 1.54) is 0 Å². The molecule has 1 aromatic carbocycles. The lowest BCUT2D eigenvalue weighted by Gasteiger charge is -2.08. The molecule has 1 aromatic rings. The first-order valence-corrected chi connectivity index (χ1v) is 5.16. The molecule has 82 valence electrons. The molecular formula is C12H17NO2. The monoisotopic (exact) mass is 207 g/mol. The van der Waals surface area contributed by atoms with Crippen molar-refractivity contribution in [2.45, 2.75) is 32.8 Å². The van der Waals surface area contributed by atoms with E-state index in [2.05, 4.69) is 5.32 Å². The number of benzene rings is 1.